The average molecular weight is 367 g/mol. The molecule has 1 aliphatic heterocycles. The van der Waals surface area contributed by atoms with Crippen LogP contribution >= 0.6 is 0 Å². The molecule has 1 aromatic carbocycles. The third-order valence-corrected chi connectivity index (χ3v) is 5.64. The molecule has 8 nitrogen and oxygen atoms in total. The van der Waals surface area contributed by atoms with Crippen molar-refractivity contribution in [1.82, 2.24) is 10.6 Å². The molecular weight excluding hydrogens is 346 g/mol. The smallest absolute Gasteiger partial charge is 0.315 e. The van der Waals surface area contributed by atoms with E-state index in [0.29, 0.717) is 17.7 Å². The SMILES string of the molecule is CC(=O)c1ccc(NC(=O)[C@@H](C)NC(=O)NC2CCS(=O)(=O)C2)cc1. The Kier molecular flexibility index (Phi) is 5.78. The highest BCUT2D eigenvalue weighted by Crippen LogP contribution is 2.12. The zero-order valence-electron chi connectivity index (χ0n) is 14.0. The maximum absolute atomic E-state index is 12.1. The molecule has 0 aromatic heterocycles. The van der Waals surface area contributed by atoms with Crippen LogP contribution in [0.3, 0.4) is 0 Å². The highest BCUT2D eigenvalue weighted by Gasteiger charge is 2.29. The van der Waals surface area contributed by atoms with E-state index in [-0.39, 0.29) is 17.3 Å². The third-order valence-electron chi connectivity index (χ3n) is 3.87. The maximum atomic E-state index is 12.1. The summed E-state index contributed by atoms with van der Waals surface area (Å²) in [4.78, 5) is 35.2. The topological polar surface area (TPSA) is 121 Å². The number of rotatable bonds is 5. The fourth-order valence-corrected chi connectivity index (χ4v) is 4.11. The molecule has 3 N–H and O–H groups in total. The number of Topliss-reactive ketones (excluding diaryl/α,β-unsaturated/α-hetero) is 1. The second-order valence-corrected chi connectivity index (χ2v) is 8.29. The highest BCUT2D eigenvalue weighted by molar-refractivity contribution is 7.91. The first kappa shape index (κ1) is 18.9. The number of hydrogen-bond donors (Lipinski definition) is 3. The van der Waals surface area contributed by atoms with E-state index >= 15 is 0 Å². The van der Waals surface area contributed by atoms with Crippen LogP contribution in [-0.4, -0.2) is 49.7 Å². The largest absolute Gasteiger partial charge is 0.334 e. The number of benzene rings is 1. The quantitative estimate of drug-likeness (QED) is 0.662. The summed E-state index contributed by atoms with van der Waals surface area (Å²) in [6.45, 7) is 2.97. The number of anilines is 1. The van der Waals surface area contributed by atoms with E-state index < -0.39 is 33.9 Å². The molecule has 0 spiro atoms. The number of carbonyl (C=O) groups excluding carboxylic acids is 3. The van der Waals surface area contributed by atoms with Gasteiger partial charge in [-0.2, -0.15) is 0 Å². The molecule has 0 radical (unpaired) electrons. The van der Waals surface area contributed by atoms with Crippen molar-refractivity contribution in [2.45, 2.75) is 32.4 Å². The Labute approximate surface area is 146 Å². The molecule has 1 unspecified atom stereocenters. The molecule has 3 amide bonds. The second kappa shape index (κ2) is 7.64. The van der Waals surface area contributed by atoms with Crippen molar-refractivity contribution in [3.05, 3.63) is 29.8 Å². The van der Waals surface area contributed by atoms with Crippen LogP contribution in [0.1, 0.15) is 30.6 Å². The van der Waals surface area contributed by atoms with Gasteiger partial charge in [-0.25, -0.2) is 13.2 Å². The first-order chi connectivity index (χ1) is 11.7. The van der Waals surface area contributed by atoms with Gasteiger partial charge in [0.1, 0.15) is 6.04 Å². The van der Waals surface area contributed by atoms with Gasteiger partial charge in [-0.3, -0.25) is 9.59 Å². The molecular formula is C16H21N3O5S. The van der Waals surface area contributed by atoms with Gasteiger partial charge in [0.2, 0.25) is 5.91 Å². The lowest BCUT2D eigenvalue weighted by molar-refractivity contribution is -0.117. The van der Waals surface area contributed by atoms with E-state index in [1.54, 1.807) is 24.3 Å². The summed E-state index contributed by atoms with van der Waals surface area (Å²) in [5.41, 5.74) is 1.04. The molecule has 0 aliphatic carbocycles. The van der Waals surface area contributed by atoms with Gasteiger partial charge in [-0.1, -0.05) is 0 Å². The van der Waals surface area contributed by atoms with Gasteiger partial charge in [-0.15, -0.1) is 0 Å². The highest BCUT2D eigenvalue weighted by atomic mass is 32.2. The van der Waals surface area contributed by atoms with E-state index in [4.69, 9.17) is 0 Å². The molecule has 9 heteroatoms. The molecule has 0 saturated carbocycles. The summed E-state index contributed by atoms with van der Waals surface area (Å²) in [7, 11) is -3.08. The van der Waals surface area contributed by atoms with Crippen LogP contribution in [0.15, 0.2) is 24.3 Å². The normalized spacial score (nSPS) is 19.7. The van der Waals surface area contributed by atoms with Crippen LogP contribution in [0.2, 0.25) is 0 Å². The van der Waals surface area contributed by atoms with Crippen molar-refractivity contribution in [3.8, 4) is 0 Å². The van der Waals surface area contributed by atoms with Crippen molar-refractivity contribution >= 4 is 33.2 Å². The first-order valence-corrected chi connectivity index (χ1v) is 9.68. The molecule has 25 heavy (non-hydrogen) atoms. The van der Waals surface area contributed by atoms with Crippen molar-refractivity contribution in [3.63, 3.8) is 0 Å². The second-order valence-electron chi connectivity index (χ2n) is 6.06. The number of carbonyl (C=O) groups is 3. The Hall–Kier alpha value is -2.42. The van der Waals surface area contributed by atoms with E-state index in [1.807, 2.05) is 0 Å². The minimum absolute atomic E-state index is 0.0598. The van der Waals surface area contributed by atoms with Crippen LogP contribution in [0.4, 0.5) is 10.5 Å². The predicted octanol–water partition coefficient (Wildman–Crippen LogP) is 0.703. The van der Waals surface area contributed by atoms with Gasteiger partial charge < -0.3 is 16.0 Å². The Morgan fingerprint density at radius 2 is 1.80 bits per heavy atom. The van der Waals surface area contributed by atoms with E-state index in [0.717, 1.165) is 0 Å². The lowest BCUT2D eigenvalue weighted by atomic mass is 10.1. The minimum atomic E-state index is -3.08. The Balaban J connectivity index is 1.83. The summed E-state index contributed by atoms with van der Waals surface area (Å²) in [5.74, 6) is -0.517. The van der Waals surface area contributed by atoms with Crippen LogP contribution in [0.25, 0.3) is 0 Å². The summed E-state index contributed by atoms with van der Waals surface area (Å²) >= 11 is 0. The number of urea groups is 1. The molecule has 1 saturated heterocycles. The number of amides is 3. The van der Waals surface area contributed by atoms with Crippen LogP contribution in [0.5, 0.6) is 0 Å². The molecule has 136 valence electrons. The number of nitrogens with one attached hydrogen (secondary N) is 3. The van der Waals surface area contributed by atoms with Gasteiger partial charge in [0, 0.05) is 17.3 Å². The molecule has 2 rings (SSSR count). The average Bonchev–Trinajstić information content (AvgIpc) is 2.86. The summed E-state index contributed by atoms with van der Waals surface area (Å²) in [6, 6.07) is 4.57. The maximum Gasteiger partial charge on any atom is 0.315 e. The monoisotopic (exact) mass is 367 g/mol. The lowest BCUT2D eigenvalue weighted by Crippen LogP contribution is -2.49. The van der Waals surface area contributed by atoms with Crippen molar-refractivity contribution < 1.29 is 22.8 Å². The first-order valence-electron chi connectivity index (χ1n) is 7.85. The number of sulfone groups is 1. The van der Waals surface area contributed by atoms with Gasteiger partial charge in [-0.05, 0) is 44.5 Å². The van der Waals surface area contributed by atoms with E-state index in [1.165, 1.54) is 13.8 Å². The summed E-state index contributed by atoms with van der Waals surface area (Å²) < 4.78 is 22.7. The molecule has 1 fully saturated rings. The zero-order valence-corrected chi connectivity index (χ0v) is 14.9. The van der Waals surface area contributed by atoms with Crippen LogP contribution < -0.4 is 16.0 Å². The van der Waals surface area contributed by atoms with Crippen LogP contribution in [0, 0.1) is 0 Å². The van der Waals surface area contributed by atoms with Crippen molar-refractivity contribution in [1.29, 1.82) is 0 Å². The molecule has 2 atom stereocenters. The molecule has 1 aromatic rings. The Morgan fingerprint density at radius 1 is 1.16 bits per heavy atom. The van der Waals surface area contributed by atoms with Gasteiger partial charge in [0.05, 0.1) is 11.5 Å². The third kappa shape index (κ3) is 5.56. The molecule has 1 heterocycles. The number of hydrogen-bond acceptors (Lipinski definition) is 5. The summed E-state index contributed by atoms with van der Waals surface area (Å²) in [6.07, 6.45) is 0.374. The fourth-order valence-electron chi connectivity index (χ4n) is 2.44. The van der Waals surface area contributed by atoms with E-state index in [2.05, 4.69) is 16.0 Å². The van der Waals surface area contributed by atoms with Gasteiger partial charge >= 0.3 is 6.03 Å². The lowest BCUT2D eigenvalue weighted by Gasteiger charge is -2.17. The standard InChI is InChI=1S/C16H21N3O5S/c1-10(17-16(22)19-14-7-8-25(23,24)9-14)15(21)18-13-5-3-12(4-6-13)11(2)20/h3-6,10,14H,7-9H2,1-2H3,(H,18,21)(H2,17,19,22)/t10-,14?/m1/s1. The zero-order chi connectivity index (χ0) is 18.6. The predicted molar refractivity (Wildman–Crippen MR) is 93.3 cm³/mol. The van der Waals surface area contributed by atoms with Crippen molar-refractivity contribution in [2.75, 3.05) is 16.8 Å². The number of ketones is 1. The summed E-state index contributed by atoms with van der Waals surface area (Å²) in [5, 5.41) is 7.66. The van der Waals surface area contributed by atoms with E-state index in [9.17, 15) is 22.8 Å². The van der Waals surface area contributed by atoms with Gasteiger partial charge in [0.25, 0.3) is 0 Å². The molecule has 0 bridgehead atoms. The Bertz CT molecular complexity index is 773. The van der Waals surface area contributed by atoms with Gasteiger partial charge in [0.15, 0.2) is 15.6 Å². The van der Waals surface area contributed by atoms with Crippen molar-refractivity contribution in [2.24, 2.45) is 0 Å². The minimum Gasteiger partial charge on any atom is -0.334 e. The fraction of sp³-hybridized carbons (Fsp3) is 0.438. The van der Waals surface area contributed by atoms with Crippen LogP contribution in [-0.2, 0) is 14.6 Å². The Morgan fingerprint density at radius 3 is 2.32 bits per heavy atom. The molecule has 1 aliphatic rings.